The molecule has 3 N–H and O–H groups in total. The van der Waals surface area contributed by atoms with Crippen LogP contribution in [-0.2, 0) is 32.7 Å². The average Bonchev–Trinajstić information content (AvgIpc) is 3.37. The molecular weight excluding hydrogens is 492 g/mol. The van der Waals surface area contributed by atoms with Crippen molar-refractivity contribution in [2.75, 3.05) is 25.1 Å². The summed E-state index contributed by atoms with van der Waals surface area (Å²) in [4.78, 5) is 30.4. The second-order valence-electron chi connectivity index (χ2n) is 11.0. The number of carbonyl (C=O) groups is 2. The lowest BCUT2D eigenvalue weighted by Crippen LogP contribution is -2.48. The van der Waals surface area contributed by atoms with Gasteiger partial charge in [0.25, 0.3) is 0 Å². The molecule has 0 spiro atoms. The standard InChI is InChI=1S/C28H39F2N5O3/c1-4-5-24(33-21-7-6-19-12-20(29)13-23(30)22(19)14-21)26(36)34-25-16-35(17-32-25)28(2,3)27(37)31-15-18-8-10-38-11-9-18/h12-13,16-18,21,24,33H,4-11,14-15H2,1-3H3,(H,31,37)(H,34,36)/t21?,24-/m0/s1. The fraction of sp³-hybridized carbons (Fsp3) is 0.607. The van der Waals surface area contributed by atoms with E-state index in [4.69, 9.17) is 4.74 Å². The number of nitrogens with one attached hydrogen (secondary N) is 3. The Labute approximate surface area is 222 Å². The van der Waals surface area contributed by atoms with Crippen molar-refractivity contribution in [1.82, 2.24) is 20.2 Å². The second kappa shape index (κ2) is 12.3. The first-order chi connectivity index (χ1) is 18.2. The van der Waals surface area contributed by atoms with Gasteiger partial charge in [-0.25, -0.2) is 13.8 Å². The monoisotopic (exact) mass is 531 g/mol. The predicted octanol–water partition coefficient (Wildman–Crippen LogP) is 3.69. The summed E-state index contributed by atoms with van der Waals surface area (Å²) in [5.41, 5.74) is 0.324. The molecule has 2 aromatic rings. The number of fused-ring (bicyclic) bond motifs is 1. The summed E-state index contributed by atoms with van der Waals surface area (Å²) < 4.78 is 35.0. The molecule has 8 nitrogen and oxygen atoms in total. The molecule has 2 amide bonds. The van der Waals surface area contributed by atoms with E-state index in [0.29, 0.717) is 55.1 Å². The van der Waals surface area contributed by atoms with E-state index in [0.717, 1.165) is 38.5 Å². The lowest BCUT2D eigenvalue weighted by atomic mass is 9.87. The molecule has 0 bridgehead atoms. The number of nitrogens with zero attached hydrogens (tertiary/aromatic N) is 2. The number of benzene rings is 1. The van der Waals surface area contributed by atoms with Crippen molar-refractivity contribution in [1.29, 1.82) is 0 Å². The molecule has 1 unspecified atom stereocenters. The molecule has 2 aliphatic rings. The SMILES string of the molecule is CCC[C@H](NC1CCc2cc(F)cc(F)c2C1)C(=O)Nc1cn(C(C)(C)C(=O)NCC2CCOCC2)cn1. The van der Waals surface area contributed by atoms with Crippen molar-refractivity contribution < 1.29 is 23.1 Å². The van der Waals surface area contributed by atoms with E-state index in [1.165, 1.54) is 6.07 Å². The van der Waals surface area contributed by atoms with Crippen LogP contribution in [0.15, 0.2) is 24.7 Å². The molecule has 2 atom stereocenters. The number of hydrogen-bond acceptors (Lipinski definition) is 5. The number of hydrogen-bond donors (Lipinski definition) is 3. The van der Waals surface area contributed by atoms with Crippen molar-refractivity contribution in [2.24, 2.45) is 5.92 Å². The van der Waals surface area contributed by atoms with Crippen LogP contribution in [0.1, 0.15) is 64.0 Å². The minimum absolute atomic E-state index is 0.0966. The molecule has 0 radical (unpaired) electrons. The molecule has 4 rings (SSSR count). The van der Waals surface area contributed by atoms with Crippen LogP contribution in [0.3, 0.4) is 0 Å². The van der Waals surface area contributed by atoms with Gasteiger partial charge in [-0.1, -0.05) is 13.3 Å². The van der Waals surface area contributed by atoms with E-state index in [-0.39, 0.29) is 17.9 Å². The van der Waals surface area contributed by atoms with Crippen LogP contribution in [0.25, 0.3) is 0 Å². The minimum Gasteiger partial charge on any atom is -0.381 e. The summed E-state index contributed by atoms with van der Waals surface area (Å²) in [6, 6.07) is 1.73. The average molecular weight is 532 g/mol. The zero-order valence-electron chi connectivity index (χ0n) is 22.5. The molecule has 10 heteroatoms. The lowest BCUT2D eigenvalue weighted by molar-refractivity contribution is -0.128. The molecule has 1 aliphatic carbocycles. The van der Waals surface area contributed by atoms with Gasteiger partial charge >= 0.3 is 0 Å². The van der Waals surface area contributed by atoms with E-state index >= 15 is 0 Å². The van der Waals surface area contributed by atoms with Crippen LogP contribution in [0.5, 0.6) is 0 Å². The largest absolute Gasteiger partial charge is 0.381 e. The zero-order chi connectivity index (χ0) is 27.3. The van der Waals surface area contributed by atoms with Crippen molar-refractivity contribution >= 4 is 17.6 Å². The molecule has 1 fully saturated rings. The van der Waals surface area contributed by atoms with Crippen LogP contribution in [0, 0.1) is 17.6 Å². The topological polar surface area (TPSA) is 97.3 Å². The van der Waals surface area contributed by atoms with Crippen LogP contribution in [0.4, 0.5) is 14.6 Å². The van der Waals surface area contributed by atoms with E-state index in [9.17, 15) is 18.4 Å². The number of carbonyl (C=O) groups excluding carboxylic acids is 2. The minimum atomic E-state index is -0.888. The number of aromatic nitrogens is 2. The smallest absolute Gasteiger partial charge is 0.245 e. The molecule has 1 aromatic heterocycles. The highest BCUT2D eigenvalue weighted by atomic mass is 19.1. The quantitative estimate of drug-likeness (QED) is 0.435. The van der Waals surface area contributed by atoms with Gasteiger partial charge in [-0.2, -0.15) is 0 Å². The number of halogens is 2. The summed E-state index contributed by atoms with van der Waals surface area (Å²) >= 11 is 0. The number of ether oxygens (including phenoxy) is 1. The van der Waals surface area contributed by atoms with Crippen molar-refractivity contribution in [3.63, 3.8) is 0 Å². The Kier molecular flexibility index (Phi) is 9.15. The summed E-state index contributed by atoms with van der Waals surface area (Å²) in [6.45, 7) is 7.69. The molecule has 1 saturated heterocycles. The third-order valence-electron chi connectivity index (χ3n) is 7.72. The fourth-order valence-corrected chi connectivity index (χ4v) is 5.22. The van der Waals surface area contributed by atoms with Crippen molar-refractivity contribution in [2.45, 2.75) is 83.3 Å². The third kappa shape index (κ3) is 6.77. The Bertz CT molecular complexity index is 1130. The summed E-state index contributed by atoms with van der Waals surface area (Å²) in [7, 11) is 0. The first kappa shape index (κ1) is 28.2. The number of imidazole rings is 1. The Morgan fingerprint density at radius 3 is 2.71 bits per heavy atom. The zero-order valence-corrected chi connectivity index (χ0v) is 22.5. The fourth-order valence-electron chi connectivity index (χ4n) is 5.22. The van der Waals surface area contributed by atoms with Crippen molar-refractivity contribution in [3.05, 3.63) is 47.4 Å². The van der Waals surface area contributed by atoms with Crippen LogP contribution in [-0.4, -0.2) is 53.2 Å². The number of anilines is 1. The maximum absolute atomic E-state index is 14.3. The van der Waals surface area contributed by atoms with Gasteiger partial charge in [0.1, 0.15) is 17.2 Å². The molecular formula is C28H39F2N5O3. The van der Waals surface area contributed by atoms with Crippen molar-refractivity contribution in [3.8, 4) is 0 Å². The maximum Gasteiger partial charge on any atom is 0.245 e. The van der Waals surface area contributed by atoms with Gasteiger partial charge in [0.05, 0.1) is 12.4 Å². The summed E-state index contributed by atoms with van der Waals surface area (Å²) in [5, 5.41) is 9.30. The second-order valence-corrected chi connectivity index (χ2v) is 11.0. The predicted molar refractivity (Wildman–Crippen MR) is 141 cm³/mol. The van der Waals surface area contributed by atoms with Gasteiger partial charge in [0.2, 0.25) is 11.8 Å². The van der Waals surface area contributed by atoms with Gasteiger partial charge in [-0.3, -0.25) is 9.59 Å². The van der Waals surface area contributed by atoms with E-state index in [2.05, 4.69) is 20.9 Å². The first-order valence-corrected chi connectivity index (χ1v) is 13.6. The molecule has 1 aromatic carbocycles. The Morgan fingerprint density at radius 1 is 1.21 bits per heavy atom. The molecule has 2 heterocycles. The Hall–Kier alpha value is -2.85. The van der Waals surface area contributed by atoms with E-state index in [1.807, 2.05) is 20.8 Å². The number of aryl methyl sites for hydroxylation is 1. The molecule has 0 saturated carbocycles. The van der Waals surface area contributed by atoms with Gasteiger partial charge < -0.3 is 25.3 Å². The third-order valence-corrected chi connectivity index (χ3v) is 7.72. The number of rotatable bonds is 10. The van der Waals surface area contributed by atoms with E-state index < -0.39 is 23.2 Å². The van der Waals surface area contributed by atoms with Crippen LogP contribution < -0.4 is 16.0 Å². The van der Waals surface area contributed by atoms with Crippen LogP contribution in [0.2, 0.25) is 0 Å². The Morgan fingerprint density at radius 2 is 1.97 bits per heavy atom. The van der Waals surface area contributed by atoms with Gasteiger partial charge in [-0.15, -0.1) is 0 Å². The van der Waals surface area contributed by atoms with Gasteiger partial charge in [-0.05, 0) is 75.5 Å². The lowest BCUT2D eigenvalue weighted by Gasteiger charge is -2.29. The van der Waals surface area contributed by atoms with Crippen LogP contribution >= 0.6 is 0 Å². The normalized spacial score (nSPS) is 19.0. The van der Waals surface area contributed by atoms with Gasteiger partial charge in [0.15, 0.2) is 5.82 Å². The molecule has 38 heavy (non-hydrogen) atoms. The summed E-state index contributed by atoms with van der Waals surface area (Å²) in [6.07, 6.45) is 8.12. The first-order valence-electron chi connectivity index (χ1n) is 13.6. The highest BCUT2D eigenvalue weighted by molar-refractivity contribution is 5.94. The molecule has 1 aliphatic heterocycles. The molecule has 208 valence electrons. The highest BCUT2D eigenvalue weighted by Gasteiger charge is 2.31. The maximum atomic E-state index is 14.3. The van der Waals surface area contributed by atoms with E-state index in [1.54, 1.807) is 17.1 Å². The Balaban J connectivity index is 1.35. The summed E-state index contributed by atoms with van der Waals surface area (Å²) in [5.74, 6) is -0.667. The highest BCUT2D eigenvalue weighted by Crippen LogP contribution is 2.26. The van der Waals surface area contributed by atoms with Gasteiger partial charge in [0, 0.05) is 38.1 Å². The number of amides is 2.